The monoisotopic (exact) mass is 607 g/mol. The summed E-state index contributed by atoms with van der Waals surface area (Å²) in [4.78, 5) is 39.9. The molecule has 1 aliphatic heterocycles. The minimum Gasteiger partial charge on any atom is -0.604 e. The molecule has 13 heteroatoms. The molecule has 4 rings (SSSR count). The zero-order valence-electron chi connectivity index (χ0n) is 23.5. The summed E-state index contributed by atoms with van der Waals surface area (Å²) >= 11 is -3.25. The van der Waals surface area contributed by atoms with Gasteiger partial charge in [0.2, 0.25) is 0 Å². The van der Waals surface area contributed by atoms with Crippen molar-refractivity contribution < 1.29 is 41.6 Å². The third kappa shape index (κ3) is 7.37. The maximum Gasteiger partial charge on any atom is 0.578 e. The first-order chi connectivity index (χ1) is 19.7. The zero-order chi connectivity index (χ0) is 30.8. The van der Waals surface area contributed by atoms with Crippen molar-refractivity contribution in [3.63, 3.8) is 0 Å². The molecule has 1 heterocycles. The number of anilines is 1. The number of halogens is 3. The van der Waals surface area contributed by atoms with E-state index in [9.17, 15) is 32.1 Å². The van der Waals surface area contributed by atoms with Crippen molar-refractivity contribution in [2.75, 3.05) is 12.4 Å². The first-order valence-corrected chi connectivity index (χ1v) is 14.4. The Bertz CT molecular complexity index is 1380. The van der Waals surface area contributed by atoms with E-state index in [0.717, 1.165) is 12.1 Å². The third-order valence-electron chi connectivity index (χ3n) is 6.73. The van der Waals surface area contributed by atoms with Crippen LogP contribution in [-0.2, 0) is 27.1 Å². The van der Waals surface area contributed by atoms with E-state index in [1.165, 1.54) is 24.1 Å². The van der Waals surface area contributed by atoms with Gasteiger partial charge in [-0.3, -0.25) is 14.5 Å². The molecule has 3 amide bonds. The molecule has 2 aromatic rings. The summed E-state index contributed by atoms with van der Waals surface area (Å²) in [6.07, 6.45) is 4.01. The molecular formula is C29H32F3N3O6S. The van der Waals surface area contributed by atoms with Gasteiger partial charge in [0.1, 0.15) is 17.5 Å². The minimum atomic E-state index is -4.94. The van der Waals surface area contributed by atoms with Gasteiger partial charge in [-0.1, -0.05) is 24.3 Å². The smallest absolute Gasteiger partial charge is 0.578 e. The number of nitrogens with zero attached hydrogens (tertiary/aromatic N) is 1. The van der Waals surface area contributed by atoms with Gasteiger partial charge in [-0.2, -0.15) is 0 Å². The van der Waals surface area contributed by atoms with Crippen LogP contribution >= 0.6 is 0 Å². The highest BCUT2D eigenvalue weighted by Crippen LogP contribution is 2.37. The topological polar surface area (TPSA) is 120 Å². The second-order valence-electron chi connectivity index (χ2n) is 11.0. The molecule has 0 spiro atoms. The molecule has 0 saturated carbocycles. The van der Waals surface area contributed by atoms with Gasteiger partial charge in [0.15, 0.2) is 4.90 Å². The summed E-state index contributed by atoms with van der Waals surface area (Å²) in [5.41, 5.74) is -4.59. The van der Waals surface area contributed by atoms with Gasteiger partial charge < -0.3 is 24.7 Å². The molecule has 0 radical (unpaired) electrons. The number of alkyl halides is 3. The first-order valence-electron chi connectivity index (χ1n) is 13.2. The summed E-state index contributed by atoms with van der Waals surface area (Å²) in [7, 11) is 1.42. The number of rotatable bonds is 8. The van der Waals surface area contributed by atoms with Crippen LogP contribution < -0.4 is 15.4 Å². The summed E-state index contributed by atoms with van der Waals surface area (Å²) in [5.74, 6) is -0.750. The van der Waals surface area contributed by atoms with E-state index in [1.807, 2.05) is 12.2 Å². The van der Waals surface area contributed by atoms with Gasteiger partial charge in [-0.25, -0.2) is 4.79 Å². The lowest BCUT2D eigenvalue weighted by atomic mass is 10.0. The van der Waals surface area contributed by atoms with Crippen molar-refractivity contribution in [2.24, 2.45) is 5.92 Å². The van der Waals surface area contributed by atoms with Crippen molar-refractivity contribution in [2.45, 2.75) is 68.2 Å². The van der Waals surface area contributed by atoms with Crippen LogP contribution in [0.2, 0.25) is 0 Å². The second-order valence-corrected chi connectivity index (χ2v) is 12.4. The molecule has 4 atom stereocenters. The fourth-order valence-corrected chi connectivity index (χ4v) is 5.67. The van der Waals surface area contributed by atoms with Crippen LogP contribution in [0.3, 0.4) is 0 Å². The Morgan fingerprint density at radius 1 is 1.10 bits per heavy atom. The molecule has 1 fully saturated rings. The van der Waals surface area contributed by atoms with E-state index >= 15 is 0 Å². The van der Waals surface area contributed by atoms with E-state index in [1.54, 1.807) is 39.0 Å². The van der Waals surface area contributed by atoms with E-state index < -0.39 is 45.3 Å². The molecule has 2 aromatic carbocycles. The lowest BCUT2D eigenvalue weighted by Gasteiger charge is -2.33. The van der Waals surface area contributed by atoms with Crippen LogP contribution in [-0.4, -0.2) is 57.8 Å². The van der Waals surface area contributed by atoms with Gasteiger partial charge in [-0.15, -0.1) is 13.2 Å². The molecule has 9 nitrogen and oxygen atoms in total. The molecule has 226 valence electrons. The summed E-state index contributed by atoms with van der Waals surface area (Å²) in [6.45, 7) is 5.34. The number of ether oxygens (including phenoxy) is 2. The van der Waals surface area contributed by atoms with E-state index in [0.29, 0.717) is 24.2 Å². The normalized spacial score (nSPS) is 20.3. The number of carbonyl (C=O) groups excluding carboxylic acids is 3. The summed E-state index contributed by atoms with van der Waals surface area (Å²) < 4.78 is 61.3. The average molecular weight is 608 g/mol. The summed E-state index contributed by atoms with van der Waals surface area (Å²) in [6, 6.07) is 8.76. The Balaban J connectivity index is 1.48. The molecule has 2 N–H and O–H groups in total. The van der Waals surface area contributed by atoms with Crippen LogP contribution in [0, 0.1) is 5.92 Å². The van der Waals surface area contributed by atoms with Crippen molar-refractivity contribution in [1.29, 1.82) is 0 Å². The number of amides is 3. The van der Waals surface area contributed by atoms with Gasteiger partial charge >= 0.3 is 17.5 Å². The second kappa shape index (κ2) is 12.3. The van der Waals surface area contributed by atoms with Crippen molar-refractivity contribution in [3.8, 4) is 5.75 Å². The number of benzene rings is 2. The zero-order valence-corrected chi connectivity index (χ0v) is 24.3. The quantitative estimate of drug-likeness (QED) is 0.244. The fraction of sp³-hybridized carbons (Fsp3) is 0.414. The van der Waals surface area contributed by atoms with Crippen LogP contribution in [0.5, 0.6) is 5.75 Å². The van der Waals surface area contributed by atoms with Crippen LogP contribution in [0.15, 0.2) is 59.5 Å². The number of carbonyl (C=O) groups is 3. The number of esters is 1. The SMILES string of the molecule is COc1ccc(CCC(=O)OC(C)(C)C)cc1C(=O)NC1C2C=CC(C2)N1C(=O)Nc1cccc([S+]([O-])C(F)(F)F)c1. The van der Waals surface area contributed by atoms with Gasteiger partial charge in [-0.05, 0) is 63.4 Å². The van der Waals surface area contributed by atoms with Crippen LogP contribution in [0.1, 0.15) is 49.5 Å². The highest BCUT2D eigenvalue weighted by molar-refractivity contribution is 7.92. The van der Waals surface area contributed by atoms with Gasteiger partial charge in [0.25, 0.3) is 5.91 Å². The predicted molar refractivity (Wildman–Crippen MR) is 149 cm³/mol. The van der Waals surface area contributed by atoms with Crippen molar-refractivity contribution >= 4 is 34.8 Å². The Kier molecular flexibility index (Phi) is 9.12. The average Bonchev–Trinajstić information content (AvgIpc) is 3.52. The molecule has 1 saturated heterocycles. The molecule has 1 aliphatic carbocycles. The highest BCUT2D eigenvalue weighted by Gasteiger charge is 2.47. The van der Waals surface area contributed by atoms with Gasteiger partial charge in [0, 0.05) is 24.1 Å². The number of urea groups is 1. The van der Waals surface area contributed by atoms with Crippen LogP contribution in [0.4, 0.5) is 23.7 Å². The molecule has 2 aliphatic rings. The molecule has 0 aromatic heterocycles. The molecular weight excluding hydrogens is 575 g/mol. The number of methoxy groups -OCH3 is 1. The Morgan fingerprint density at radius 3 is 2.50 bits per heavy atom. The van der Waals surface area contributed by atoms with E-state index in [-0.39, 0.29) is 35.6 Å². The van der Waals surface area contributed by atoms with Crippen LogP contribution in [0.25, 0.3) is 0 Å². The number of nitrogens with one attached hydrogen (secondary N) is 2. The lowest BCUT2D eigenvalue weighted by Crippen LogP contribution is -2.54. The van der Waals surface area contributed by atoms with E-state index in [2.05, 4.69) is 10.6 Å². The predicted octanol–water partition coefficient (Wildman–Crippen LogP) is 5.15. The van der Waals surface area contributed by atoms with Crippen molar-refractivity contribution in [3.05, 3.63) is 65.7 Å². The molecule has 4 unspecified atom stereocenters. The van der Waals surface area contributed by atoms with Crippen molar-refractivity contribution in [1.82, 2.24) is 10.2 Å². The number of hydrogen-bond donors (Lipinski definition) is 2. The minimum absolute atomic E-state index is 0.0336. The number of aryl methyl sites for hydroxylation is 1. The number of fused-ring (bicyclic) bond motifs is 2. The Morgan fingerprint density at radius 2 is 1.83 bits per heavy atom. The number of likely N-dealkylation sites (tertiary alicyclic amines) is 1. The summed E-state index contributed by atoms with van der Waals surface area (Å²) in [5, 5.41) is 5.46. The Hall–Kier alpha value is -3.71. The molecule has 2 bridgehead atoms. The van der Waals surface area contributed by atoms with Gasteiger partial charge in [0.05, 0.1) is 29.9 Å². The lowest BCUT2D eigenvalue weighted by molar-refractivity contribution is -0.154. The third-order valence-corrected chi connectivity index (χ3v) is 7.83. The van der Waals surface area contributed by atoms with E-state index in [4.69, 9.17) is 9.47 Å². The maximum absolute atomic E-state index is 13.5. The largest absolute Gasteiger partial charge is 0.604 e. The standard InChI is InChI=1S/C29H32F3N3O6S/c1-28(2,3)41-24(36)13-9-17-8-12-23(40-4)22(14-17)26(37)34-25-18-10-11-20(15-18)35(25)27(38)33-19-6-5-7-21(16-19)42(39)29(30,31)32/h5-8,10-12,14,16,18,20,25H,9,13,15H2,1-4H3,(H,33,38)(H,34,37). The maximum atomic E-state index is 13.5. The molecule has 42 heavy (non-hydrogen) atoms. The Labute approximate surface area is 244 Å². The highest BCUT2D eigenvalue weighted by atomic mass is 32.2. The fourth-order valence-electron chi connectivity index (χ4n) is 4.96. The first kappa shape index (κ1) is 31.2. The number of hydrogen-bond acceptors (Lipinski definition) is 6.